The molecule has 0 spiro atoms. The van der Waals surface area contributed by atoms with Gasteiger partial charge >= 0.3 is 6.03 Å². The third-order valence-electron chi connectivity index (χ3n) is 6.89. The maximum absolute atomic E-state index is 12.2. The van der Waals surface area contributed by atoms with Crippen LogP contribution in [-0.2, 0) is 0 Å². The largest absolute Gasteiger partial charge is 0.369 e. The number of nitrogens with two attached hydrogens (primary N) is 1. The van der Waals surface area contributed by atoms with Crippen LogP contribution in [0.4, 0.5) is 22.1 Å². The van der Waals surface area contributed by atoms with Crippen molar-refractivity contribution in [2.24, 2.45) is 5.73 Å². The highest BCUT2D eigenvalue weighted by molar-refractivity contribution is 6.11. The van der Waals surface area contributed by atoms with Crippen molar-refractivity contribution in [1.82, 2.24) is 24.6 Å². The summed E-state index contributed by atoms with van der Waals surface area (Å²) in [5.74, 6) is 0.469. The molecule has 3 N–H and O–H groups in total. The topological polar surface area (TPSA) is 105 Å². The van der Waals surface area contributed by atoms with Gasteiger partial charge < -0.3 is 20.9 Å². The van der Waals surface area contributed by atoms with Crippen LogP contribution in [-0.4, -0.2) is 63.9 Å². The average Bonchev–Trinajstić information content (AvgIpc) is 3.16. The second kappa shape index (κ2) is 8.25. The summed E-state index contributed by atoms with van der Waals surface area (Å²) in [5.41, 5.74) is 12.8. The van der Waals surface area contributed by atoms with Crippen LogP contribution in [0.2, 0.25) is 0 Å². The van der Waals surface area contributed by atoms with Crippen LogP contribution in [0.3, 0.4) is 0 Å². The maximum atomic E-state index is 12.2. The van der Waals surface area contributed by atoms with Crippen LogP contribution in [0.1, 0.15) is 22.5 Å². The number of anilines is 3. The Labute approximate surface area is 198 Å². The number of benzene rings is 2. The van der Waals surface area contributed by atoms with Crippen molar-refractivity contribution in [3.63, 3.8) is 0 Å². The zero-order valence-corrected chi connectivity index (χ0v) is 20.3. The Morgan fingerprint density at radius 1 is 0.912 bits per heavy atom. The van der Waals surface area contributed by atoms with Gasteiger partial charge in [-0.2, -0.15) is 9.78 Å². The summed E-state index contributed by atoms with van der Waals surface area (Å²) < 4.78 is 1.25. The predicted octanol–water partition coefficient (Wildman–Crippen LogP) is 3.64. The van der Waals surface area contributed by atoms with E-state index in [4.69, 9.17) is 15.7 Å². The lowest BCUT2D eigenvalue weighted by Crippen LogP contribution is -2.44. The number of nitrogens with zero attached hydrogens (tertiary/aromatic N) is 6. The molecule has 2 aromatic carbocycles. The molecule has 0 unspecified atom stereocenters. The number of piperazine rings is 1. The van der Waals surface area contributed by atoms with E-state index in [1.165, 1.54) is 10.4 Å². The van der Waals surface area contributed by atoms with Gasteiger partial charge in [-0.15, -0.1) is 0 Å². The first-order chi connectivity index (χ1) is 16.2. The molecule has 1 saturated heterocycles. The number of carbonyl (C=O) groups is 1. The highest BCUT2D eigenvalue weighted by Crippen LogP contribution is 2.35. The molecule has 9 nitrogen and oxygen atoms in total. The lowest BCUT2D eigenvalue weighted by atomic mass is 9.97. The highest BCUT2D eigenvalue weighted by Gasteiger charge is 2.22. The third kappa shape index (κ3) is 3.62. The first-order valence-corrected chi connectivity index (χ1v) is 11.5. The number of fused-ring (bicyclic) bond motifs is 3. The Hall–Kier alpha value is -3.72. The molecule has 3 heterocycles. The Bertz CT molecular complexity index is 1420. The van der Waals surface area contributed by atoms with Gasteiger partial charge in [-0.25, -0.2) is 14.8 Å². The van der Waals surface area contributed by atoms with Gasteiger partial charge in [-0.05, 0) is 70.1 Å². The molecule has 5 rings (SSSR count). The van der Waals surface area contributed by atoms with Crippen molar-refractivity contribution in [3.8, 4) is 0 Å². The van der Waals surface area contributed by atoms with Crippen molar-refractivity contribution >= 4 is 45.2 Å². The molecule has 34 heavy (non-hydrogen) atoms. The van der Waals surface area contributed by atoms with Gasteiger partial charge in [0.15, 0.2) is 0 Å². The van der Waals surface area contributed by atoms with Crippen LogP contribution in [0.15, 0.2) is 24.3 Å². The number of rotatable bonds is 3. The van der Waals surface area contributed by atoms with Gasteiger partial charge in [0.05, 0.1) is 11.4 Å². The molecule has 2 aromatic heterocycles. The van der Waals surface area contributed by atoms with E-state index in [2.05, 4.69) is 46.3 Å². The highest BCUT2D eigenvalue weighted by atomic mass is 16.2. The third-order valence-corrected chi connectivity index (χ3v) is 6.89. The molecule has 1 amide bonds. The minimum absolute atomic E-state index is 0.469. The summed E-state index contributed by atoms with van der Waals surface area (Å²) in [7, 11) is 2.16. The molecular formula is C25H30N8O. The summed E-state index contributed by atoms with van der Waals surface area (Å²) >= 11 is 0. The van der Waals surface area contributed by atoms with Gasteiger partial charge in [0, 0.05) is 48.3 Å². The quantitative estimate of drug-likeness (QED) is 0.483. The van der Waals surface area contributed by atoms with Crippen LogP contribution >= 0.6 is 0 Å². The normalized spacial score (nSPS) is 14.8. The monoisotopic (exact) mass is 458 g/mol. The molecule has 0 radical (unpaired) electrons. The lowest BCUT2D eigenvalue weighted by molar-refractivity contribution is 0.248. The average molecular weight is 459 g/mol. The van der Waals surface area contributed by atoms with Gasteiger partial charge in [-0.1, -0.05) is 0 Å². The van der Waals surface area contributed by atoms with E-state index in [0.717, 1.165) is 65.2 Å². The zero-order chi connectivity index (χ0) is 24.1. The van der Waals surface area contributed by atoms with E-state index >= 15 is 0 Å². The van der Waals surface area contributed by atoms with Crippen molar-refractivity contribution in [3.05, 3.63) is 46.8 Å². The van der Waals surface area contributed by atoms with Crippen molar-refractivity contribution in [2.45, 2.75) is 27.7 Å². The van der Waals surface area contributed by atoms with Crippen LogP contribution in [0.5, 0.6) is 0 Å². The van der Waals surface area contributed by atoms with Gasteiger partial charge in [0.1, 0.15) is 11.0 Å². The molecule has 0 atom stereocenters. The fourth-order valence-corrected chi connectivity index (χ4v) is 4.93. The molecule has 1 aliphatic rings. The van der Waals surface area contributed by atoms with E-state index in [1.807, 2.05) is 32.9 Å². The predicted molar refractivity (Wildman–Crippen MR) is 136 cm³/mol. The molecule has 0 aliphatic carbocycles. The van der Waals surface area contributed by atoms with Crippen LogP contribution in [0, 0.1) is 27.7 Å². The van der Waals surface area contributed by atoms with Gasteiger partial charge in [0.2, 0.25) is 5.95 Å². The number of aryl methyl sites for hydroxylation is 4. The van der Waals surface area contributed by atoms with E-state index in [9.17, 15) is 4.79 Å². The zero-order valence-electron chi connectivity index (χ0n) is 20.3. The van der Waals surface area contributed by atoms with Crippen molar-refractivity contribution < 1.29 is 4.79 Å². The fraction of sp³-hybridized carbons (Fsp3) is 0.360. The smallest absolute Gasteiger partial charge is 0.340 e. The van der Waals surface area contributed by atoms with Gasteiger partial charge in [-0.3, -0.25) is 0 Å². The number of hydrogen-bond donors (Lipinski definition) is 2. The SMILES string of the molecule is Cc1nc(Nc2ccc(N3CCN(C)CC3)cc2)nc2c1c(C)c(C)c1c(C)nn(C(N)=O)c12. The number of likely N-dealkylation sites (N-methyl/N-ethyl adjacent to an activating group) is 1. The standard InChI is InChI=1S/C25H30N8O/c1-14-15(2)21-17(4)30-33(24(26)34)23(21)22-20(14)16(3)27-25(29-22)28-18-6-8-19(9-7-18)32-12-10-31(5)11-13-32/h6-9H,10-13H2,1-5H3,(H2,26,34)(H,27,28,29). The molecule has 4 aromatic rings. The molecule has 0 saturated carbocycles. The molecule has 9 heteroatoms. The summed E-state index contributed by atoms with van der Waals surface area (Å²) in [6.45, 7) is 12.1. The number of nitrogens with one attached hydrogen (secondary N) is 1. The summed E-state index contributed by atoms with van der Waals surface area (Å²) in [6.07, 6.45) is 0. The summed E-state index contributed by atoms with van der Waals surface area (Å²) in [5, 5.41) is 9.56. The maximum Gasteiger partial charge on any atom is 0.340 e. The van der Waals surface area contributed by atoms with Crippen molar-refractivity contribution in [2.75, 3.05) is 43.4 Å². The number of carbonyl (C=O) groups excluding carboxylic acids is 1. The molecule has 0 bridgehead atoms. The number of hydrogen-bond acceptors (Lipinski definition) is 7. The second-order valence-electron chi connectivity index (χ2n) is 9.13. The Balaban J connectivity index is 1.55. The van der Waals surface area contributed by atoms with Crippen LogP contribution < -0.4 is 16.0 Å². The minimum atomic E-state index is -0.632. The lowest BCUT2D eigenvalue weighted by Gasteiger charge is -2.34. The van der Waals surface area contributed by atoms with Crippen molar-refractivity contribution in [1.29, 1.82) is 0 Å². The molecule has 176 valence electrons. The molecule has 1 fully saturated rings. The number of aromatic nitrogens is 4. The minimum Gasteiger partial charge on any atom is -0.369 e. The first kappa shape index (κ1) is 22.1. The number of amides is 1. The first-order valence-electron chi connectivity index (χ1n) is 11.5. The number of primary amides is 1. The summed E-state index contributed by atoms with van der Waals surface area (Å²) in [6, 6.07) is 7.71. The second-order valence-corrected chi connectivity index (χ2v) is 9.13. The molecule has 1 aliphatic heterocycles. The molecular weight excluding hydrogens is 428 g/mol. The van der Waals surface area contributed by atoms with E-state index in [1.54, 1.807) is 0 Å². The Morgan fingerprint density at radius 2 is 1.56 bits per heavy atom. The Morgan fingerprint density at radius 3 is 2.21 bits per heavy atom. The summed E-state index contributed by atoms with van der Waals surface area (Å²) in [4.78, 5) is 26.5. The van der Waals surface area contributed by atoms with E-state index < -0.39 is 6.03 Å². The van der Waals surface area contributed by atoms with E-state index in [-0.39, 0.29) is 0 Å². The Kier molecular flexibility index (Phi) is 5.36. The van der Waals surface area contributed by atoms with E-state index in [0.29, 0.717) is 17.0 Å². The van der Waals surface area contributed by atoms with Crippen LogP contribution in [0.25, 0.3) is 21.8 Å². The fourth-order valence-electron chi connectivity index (χ4n) is 4.93. The van der Waals surface area contributed by atoms with Gasteiger partial charge in [0.25, 0.3) is 0 Å².